The van der Waals surface area contributed by atoms with Crippen LogP contribution >= 0.6 is 11.6 Å². The quantitative estimate of drug-likeness (QED) is 0.930. The fraction of sp³-hybridized carbons (Fsp3) is 0.400. The summed E-state index contributed by atoms with van der Waals surface area (Å²) in [5.74, 6) is 0. The lowest BCUT2D eigenvalue weighted by Gasteiger charge is -2.24. The van der Waals surface area contributed by atoms with Crippen LogP contribution in [0.25, 0.3) is 0 Å². The van der Waals surface area contributed by atoms with Gasteiger partial charge in [0.05, 0.1) is 12.0 Å². The maximum absolute atomic E-state index is 6.04. The van der Waals surface area contributed by atoms with Crippen molar-refractivity contribution >= 4 is 11.6 Å². The zero-order valence-corrected chi connectivity index (χ0v) is 11.6. The fourth-order valence-electron chi connectivity index (χ4n) is 2.69. The Labute approximate surface area is 118 Å². The van der Waals surface area contributed by atoms with Crippen LogP contribution in [0.4, 0.5) is 0 Å². The van der Waals surface area contributed by atoms with Gasteiger partial charge in [-0.2, -0.15) is 0 Å². The van der Waals surface area contributed by atoms with Crippen molar-refractivity contribution in [2.24, 2.45) is 0 Å². The van der Waals surface area contributed by atoms with Gasteiger partial charge in [0.25, 0.3) is 0 Å². The molecule has 0 spiro atoms. The van der Waals surface area contributed by atoms with Crippen molar-refractivity contribution in [3.05, 3.63) is 53.1 Å². The summed E-state index contributed by atoms with van der Waals surface area (Å²) < 4.78 is 2.22. The van der Waals surface area contributed by atoms with E-state index in [4.69, 9.17) is 11.6 Å². The van der Waals surface area contributed by atoms with E-state index < -0.39 is 0 Å². The maximum Gasteiger partial charge on any atom is 0.0951 e. The minimum Gasteiger partial charge on any atom is -0.329 e. The average molecular weight is 276 g/mol. The van der Waals surface area contributed by atoms with Crippen LogP contribution in [-0.2, 0) is 6.54 Å². The number of nitrogens with one attached hydrogen (secondary N) is 1. The summed E-state index contributed by atoms with van der Waals surface area (Å²) in [7, 11) is 0. The molecule has 1 aliphatic rings. The highest BCUT2D eigenvalue weighted by Crippen LogP contribution is 2.23. The lowest BCUT2D eigenvalue weighted by atomic mass is 10.0. The molecule has 1 fully saturated rings. The lowest BCUT2D eigenvalue weighted by molar-refractivity contribution is 0.396. The minimum atomic E-state index is 0.440. The Morgan fingerprint density at radius 2 is 2.32 bits per heavy atom. The van der Waals surface area contributed by atoms with Crippen LogP contribution in [0.2, 0.25) is 5.02 Å². The van der Waals surface area contributed by atoms with E-state index in [2.05, 4.69) is 20.9 Å². The molecule has 3 nitrogen and oxygen atoms in total. The third kappa shape index (κ3) is 2.99. The number of hydrogen-bond donors (Lipinski definition) is 1. The third-order valence-corrected chi connectivity index (χ3v) is 3.89. The zero-order valence-electron chi connectivity index (χ0n) is 10.8. The summed E-state index contributed by atoms with van der Waals surface area (Å²) in [5.41, 5.74) is 2.49. The van der Waals surface area contributed by atoms with Gasteiger partial charge in [0.15, 0.2) is 0 Å². The van der Waals surface area contributed by atoms with Crippen molar-refractivity contribution in [2.75, 3.05) is 6.54 Å². The van der Waals surface area contributed by atoms with Crippen LogP contribution in [0, 0.1) is 0 Å². The Bertz CT molecular complexity index is 544. The smallest absolute Gasteiger partial charge is 0.0951 e. The summed E-state index contributed by atoms with van der Waals surface area (Å²) in [6, 6.07) is 8.45. The van der Waals surface area contributed by atoms with Crippen LogP contribution < -0.4 is 5.32 Å². The minimum absolute atomic E-state index is 0.440. The van der Waals surface area contributed by atoms with Gasteiger partial charge in [0.1, 0.15) is 0 Å². The van der Waals surface area contributed by atoms with Gasteiger partial charge < -0.3 is 9.88 Å². The summed E-state index contributed by atoms with van der Waals surface area (Å²) in [5, 5.41) is 4.36. The first-order chi connectivity index (χ1) is 9.33. The van der Waals surface area contributed by atoms with Crippen molar-refractivity contribution in [1.29, 1.82) is 0 Å². The molecule has 1 unspecified atom stereocenters. The van der Waals surface area contributed by atoms with Crippen molar-refractivity contribution in [3.8, 4) is 0 Å². The van der Waals surface area contributed by atoms with E-state index in [0.717, 1.165) is 18.1 Å². The molecule has 1 saturated heterocycles. The molecule has 0 bridgehead atoms. The zero-order chi connectivity index (χ0) is 13.1. The van der Waals surface area contributed by atoms with Gasteiger partial charge in [-0.3, -0.25) is 0 Å². The highest BCUT2D eigenvalue weighted by atomic mass is 35.5. The van der Waals surface area contributed by atoms with E-state index >= 15 is 0 Å². The predicted molar refractivity (Wildman–Crippen MR) is 77.4 cm³/mol. The van der Waals surface area contributed by atoms with Gasteiger partial charge in [-0.05, 0) is 37.1 Å². The molecule has 0 amide bonds. The van der Waals surface area contributed by atoms with Gasteiger partial charge in [0, 0.05) is 23.8 Å². The van der Waals surface area contributed by atoms with Crippen molar-refractivity contribution < 1.29 is 0 Å². The van der Waals surface area contributed by atoms with Crippen LogP contribution in [0.3, 0.4) is 0 Å². The van der Waals surface area contributed by atoms with E-state index in [-0.39, 0.29) is 0 Å². The summed E-state index contributed by atoms with van der Waals surface area (Å²) in [6.07, 6.45) is 7.65. The van der Waals surface area contributed by atoms with Gasteiger partial charge >= 0.3 is 0 Å². The normalized spacial score (nSPS) is 19.5. The Morgan fingerprint density at radius 3 is 3.11 bits per heavy atom. The predicted octanol–water partition coefficient (Wildman–Crippen LogP) is 3.40. The number of halogens is 1. The molecule has 2 aromatic rings. The second-order valence-corrected chi connectivity index (χ2v) is 5.52. The Balaban J connectivity index is 1.80. The van der Waals surface area contributed by atoms with E-state index in [1.165, 1.54) is 30.5 Å². The molecular formula is C15H18ClN3. The highest BCUT2D eigenvalue weighted by Gasteiger charge is 2.18. The molecule has 1 N–H and O–H groups in total. The molecule has 0 saturated carbocycles. The van der Waals surface area contributed by atoms with Crippen LogP contribution in [0.1, 0.15) is 36.6 Å². The number of rotatable bonds is 3. The molecule has 1 atom stereocenters. The highest BCUT2D eigenvalue weighted by molar-refractivity contribution is 6.30. The molecule has 100 valence electrons. The molecule has 0 aliphatic carbocycles. The second-order valence-electron chi connectivity index (χ2n) is 5.08. The third-order valence-electron chi connectivity index (χ3n) is 3.65. The van der Waals surface area contributed by atoms with Gasteiger partial charge in [-0.25, -0.2) is 4.98 Å². The molecule has 2 heterocycles. The SMILES string of the molecule is Clc1cccc(Cn2cncc2C2CCCCN2)c1. The van der Waals surface area contributed by atoms with Crippen LogP contribution in [-0.4, -0.2) is 16.1 Å². The average Bonchev–Trinajstić information content (AvgIpc) is 2.88. The molecule has 1 aromatic carbocycles. The number of aromatic nitrogens is 2. The molecule has 19 heavy (non-hydrogen) atoms. The number of imidazole rings is 1. The standard InChI is InChI=1S/C15H18ClN3/c16-13-5-3-4-12(8-13)10-19-11-17-9-15(19)14-6-1-2-7-18-14/h3-5,8-9,11,14,18H,1-2,6-7,10H2. The first-order valence-corrected chi connectivity index (χ1v) is 7.18. The number of piperidine rings is 1. The van der Waals surface area contributed by atoms with Crippen molar-refractivity contribution in [1.82, 2.24) is 14.9 Å². The topological polar surface area (TPSA) is 29.9 Å². The molecule has 4 heteroatoms. The summed E-state index contributed by atoms with van der Waals surface area (Å²) >= 11 is 6.04. The van der Waals surface area contributed by atoms with Crippen LogP contribution in [0.15, 0.2) is 36.8 Å². The first kappa shape index (κ1) is 12.7. The van der Waals surface area contributed by atoms with Gasteiger partial charge in [-0.15, -0.1) is 0 Å². The molecule has 1 aromatic heterocycles. The summed E-state index contributed by atoms with van der Waals surface area (Å²) in [6.45, 7) is 1.93. The lowest BCUT2D eigenvalue weighted by Crippen LogP contribution is -2.28. The molecule has 0 radical (unpaired) electrons. The monoisotopic (exact) mass is 275 g/mol. The largest absolute Gasteiger partial charge is 0.329 e. The fourth-order valence-corrected chi connectivity index (χ4v) is 2.90. The number of hydrogen-bond acceptors (Lipinski definition) is 2. The Morgan fingerprint density at radius 1 is 1.37 bits per heavy atom. The number of benzene rings is 1. The van der Waals surface area contributed by atoms with E-state index in [9.17, 15) is 0 Å². The van der Waals surface area contributed by atoms with Crippen molar-refractivity contribution in [3.63, 3.8) is 0 Å². The summed E-state index contributed by atoms with van der Waals surface area (Å²) in [4.78, 5) is 4.31. The molecule has 3 rings (SSSR count). The van der Waals surface area contributed by atoms with Crippen molar-refractivity contribution in [2.45, 2.75) is 31.8 Å². The second kappa shape index (κ2) is 5.76. The first-order valence-electron chi connectivity index (χ1n) is 6.81. The van der Waals surface area contributed by atoms with Gasteiger partial charge in [0.2, 0.25) is 0 Å². The Hall–Kier alpha value is -1.32. The molecule has 1 aliphatic heterocycles. The van der Waals surface area contributed by atoms with E-state index in [1.807, 2.05) is 30.7 Å². The van der Waals surface area contributed by atoms with E-state index in [1.54, 1.807) is 0 Å². The number of nitrogens with zero attached hydrogens (tertiary/aromatic N) is 2. The van der Waals surface area contributed by atoms with E-state index in [0.29, 0.717) is 6.04 Å². The van der Waals surface area contributed by atoms with Crippen LogP contribution in [0.5, 0.6) is 0 Å². The Kier molecular flexibility index (Phi) is 3.85. The maximum atomic E-state index is 6.04. The molecular weight excluding hydrogens is 258 g/mol. The van der Waals surface area contributed by atoms with Gasteiger partial charge in [-0.1, -0.05) is 30.2 Å².